The lowest BCUT2D eigenvalue weighted by atomic mass is 10.1. The molecule has 1 N–H and O–H groups in total. The van der Waals surface area contributed by atoms with Gasteiger partial charge < -0.3 is 5.32 Å². The van der Waals surface area contributed by atoms with Crippen molar-refractivity contribution in [1.82, 2.24) is 5.32 Å². The molecule has 0 aliphatic carbocycles. The zero-order valence-electron chi connectivity index (χ0n) is 18.9. The van der Waals surface area contributed by atoms with Gasteiger partial charge in [-0.05, 0) is 61.4 Å². The Labute approximate surface area is 205 Å². The first kappa shape index (κ1) is 25.7. The molecule has 3 aromatic carbocycles. The highest BCUT2D eigenvalue weighted by atomic mass is 35.5. The second kappa shape index (κ2) is 10.2. The third kappa shape index (κ3) is 5.97. The van der Waals surface area contributed by atoms with E-state index in [0.29, 0.717) is 21.8 Å². The Hall–Kier alpha value is -2.88. The lowest BCUT2D eigenvalue weighted by molar-refractivity contribution is -0.120. The van der Waals surface area contributed by atoms with E-state index in [1.807, 2.05) is 0 Å². The molecule has 0 radical (unpaired) electrons. The van der Waals surface area contributed by atoms with Crippen LogP contribution in [-0.2, 0) is 24.7 Å². The zero-order valence-corrected chi connectivity index (χ0v) is 21.3. The van der Waals surface area contributed by atoms with Gasteiger partial charge in [0.25, 0.3) is 10.0 Å². The van der Waals surface area contributed by atoms with Crippen molar-refractivity contribution in [2.75, 3.05) is 17.1 Å². The molecular weight excluding hydrogens is 496 g/mol. The summed E-state index contributed by atoms with van der Waals surface area (Å²) in [6, 6.07) is 18.4. The average Bonchev–Trinajstić information content (AvgIpc) is 2.79. The number of sulfone groups is 1. The molecule has 0 bridgehead atoms. The van der Waals surface area contributed by atoms with Crippen LogP contribution in [0, 0.1) is 6.92 Å². The predicted molar refractivity (Wildman–Crippen MR) is 133 cm³/mol. The number of rotatable bonds is 8. The third-order valence-electron chi connectivity index (χ3n) is 5.24. The van der Waals surface area contributed by atoms with Crippen LogP contribution in [0.3, 0.4) is 0 Å². The van der Waals surface area contributed by atoms with Crippen molar-refractivity contribution in [1.29, 1.82) is 0 Å². The Morgan fingerprint density at radius 1 is 0.941 bits per heavy atom. The molecule has 3 aromatic rings. The lowest BCUT2D eigenvalue weighted by Crippen LogP contribution is -2.41. The number of benzene rings is 3. The van der Waals surface area contributed by atoms with Crippen LogP contribution < -0.4 is 9.62 Å². The van der Waals surface area contributed by atoms with Gasteiger partial charge in [0, 0.05) is 11.3 Å². The molecule has 10 heteroatoms. The second-order valence-corrected chi connectivity index (χ2v) is 12.2. The van der Waals surface area contributed by atoms with E-state index < -0.39 is 38.4 Å². The molecule has 34 heavy (non-hydrogen) atoms. The smallest absolute Gasteiger partial charge is 0.264 e. The Kier molecular flexibility index (Phi) is 7.70. The molecule has 0 spiro atoms. The Bertz CT molecular complexity index is 1390. The van der Waals surface area contributed by atoms with Gasteiger partial charge in [-0.25, -0.2) is 16.8 Å². The minimum absolute atomic E-state index is 0.0478. The Morgan fingerprint density at radius 3 is 2.15 bits per heavy atom. The molecule has 7 nitrogen and oxygen atoms in total. The predicted octanol–water partition coefficient (Wildman–Crippen LogP) is 4.12. The summed E-state index contributed by atoms with van der Waals surface area (Å²) in [5, 5.41) is 3.13. The summed E-state index contributed by atoms with van der Waals surface area (Å²) < 4.78 is 51.3. The average molecular weight is 521 g/mol. The number of nitrogens with zero attached hydrogens (tertiary/aromatic N) is 1. The van der Waals surface area contributed by atoms with Crippen molar-refractivity contribution in [3.05, 3.63) is 88.9 Å². The van der Waals surface area contributed by atoms with Crippen LogP contribution in [0.4, 0.5) is 5.69 Å². The molecule has 180 valence electrons. The maximum atomic E-state index is 13.5. The van der Waals surface area contributed by atoms with E-state index in [0.717, 1.165) is 10.6 Å². The Balaban J connectivity index is 1.89. The van der Waals surface area contributed by atoms with Crippen LogP contribution >= 0.6 is 11.6 Å². The number of anilines is 1. The Morgan fingerprint density at radius 2 is 1.56 bits per heavy atom. The number of carbonyl (C=O) groups is 1. The molecular formula is C24H25ClN2O5S2. The zero-order chi connectivity index (χ0) is 25.1. The van der Waals surface area contributed by atoms with Gasteiger partial charge in [-0.15, -0.1) is 0 Å². The van der Waals surface area contributed by atoms with Crippen molar-refractivity contribution in [3.8, 4) is 0 Å². The fourth-order valence-electron chi connectivity index (χ4n) is 3.38. The van der Waals surface area contributed by atoms with Gasteiger partial charge in [-0.2, -0.15) is 0 Å². The fraction of sp³-hybridized carbons (Fsp3) is 0.208. The summed E-state index contributed by atoms with van der Waals surface area (Å²) in [5.41, 5.74) is 1.62. The largest absolute Gasteiger partial charge is 0.348 e. The first-order valence-electron chi connectivity index (χ1n) is 10.3. The van der Waals surface area contributed by atoms with Gasteiger partial charge >= 0.3 is 0 Å². The highest BCUT2D eigenvalue weighted by molar-refractivity contribution is 7.93. The molecule has 0 saturated carbocycles. The van der Waals surface area contributed by atoms with Gasteiger partial charge in [0.1, 0.15) is 6.54 Å². The molecule has 0 unspecified atom stereocenters. The molecule has 1 amide bonds. The van der Waals surface area contributed by atoms with E-state index in [-0.39, 0.29) is 9.79 Å². The van der Waals surface area contributed by atoms with E-state index in [9.17, 15) is 21.6 Å². The van der Waals surface area contributed by atoms with Crippen molar-refractivity contribution in [3.63, 3.8) is 0 Å². The molecule has 0 heterocycles. The minimum atomic E-state index is -4.06. The maximum Gasteiger partial charge on any atom is 0.264 e. The van der Waals surface area contributed by atoms with Gasteiger partial charge in [-0.3, -0.25) is 9.10 Å². The summed E-state index contributed by atoms with van der Waals surface area (Å²) in [6.45, 7) is 3.00. The number of hydrogen-bond donors (Lipinski definition) is 1. The number of halogens is 1. The van der Waals surface area contributed by atoms with Crippen LogP contribution in [0.25, 0.3) is 0 Å². The highest BCUT2D eigenvalue weighted by Gasteiger charge is 2.29. The summed E-state index contributed by atoms with van der Waals surface area (Å²) in [7, 11) is -7.40. The summed E-state index contributed by atoms with van der Waals surface area (Å²) >= 11 is 6.14. The number of aryl methyl sites for hydroxylation is 1. The molecule has 0 fully saturated rings. The van der Waals surface area contributed by atoms with Crippen LogP contribution in [0.15, 0.2) is 82.6 Å². The molecule has 0 aliphatic heterocycles. The maximum absolute atomic E-state index is 13.5. The SMILES string of the molecule is Cc1ccc(Cl)cc1N(CC(=O)N[C@@H](C)c1ccc(S(C)(=O)=O)cc1)S(=O)(=O)c1ccccc1. The van der Waals surface area contributed by atoms with E-state index in [2.05, 4.69) is 5.32 Å². The van der Waals surface area contributed by atoms with Crippen LogP contribution in [-0.4, -0.2) is 35.5 Å². The van der Waals surface area contributed by atoms with Crippen LogP contribution in [0.5, 0.6) is 0 Å². The van der Waals surface area contributed by atoms with Crippen LogP contribution in [0.2, 0.25) is 5.02 Å². The molecule has 0 saturated heterocycles. The lowest BCUT2D eigenvalue weighted by Gasteiger charge is -2.26. The highest BCUT2D eigenvalue weighted by Crippen LogP contribution is 2.29. The molecule has 0 aromatic heterocycles. The quantitative estimate of drug-likeness (QED) is 0.481. The van der Waals surface area contributed by atoms with E-state index in [1.54, 1.807) is 56.3 Å². The number of sulfonamides is 1. The van der Waals surface area contributed by atoms with E-state index in [4.69, 9.17) is 11.6 Å². The van der Waals surface area contributed by atoms with Crippen LogP contribution in [0.1, 0.15) is 24.1 Å². The molecule has 0 aliphatic rings. The van der Waals surface area contributed by atoms with Gasteiger partial charge in [-0.1, -0.05) is 48.0 Å². The third-order valence-corrected chi connectivity index (χ3v) is 8.38. The standard InChI is InChI=1S/C24H25ClN2O5S2/c1-17-9-12-20(25)15-23(17)27(34(31,32)22-7-5-4-6-8-22)16-24(28)26-18(2)19-10-13-21(14-11-19)33(3,29)30/h4-15,18H,16H2,1-3H3,(H,26,28)/t18-/m0/s1. The molecule has 3 rings (SSSR count). The van der Waals surface area contributed by atoms with E-state index in [1.165, 1.54) is 30.3 Å². The van der Waals surface area contributed by atoms with Gasteiger partial charge in [0.2, 0.25) is 5.91 Å². The number of amides is 1. The topological polar surface area (TPSA) is 101 Å². The second-order valence-electron chi connectivity index (χ2n) is 7.89. The fourth-order valence-corrected chi connectivity index (χ4v) is 5.67. The summed E-state index contributed by atoms with van der Waals surface area (Å²) in [4.78, 5) is 13.2. The number of nitrogens with one attached hydrogen (secondary N) is 1. The first-order chi connectivity index (χ1) is 15.9. The van der Waals surface area contributed by atoms with Gasteiger partial charge in [0.15, 0.2) is 9.84 Å². The van der Waals surface area contributed by atoms with Crippen molar-refractivity contribution in [2.45, 2.75) is 29.7 Å². The summed E-state index contributed by atoms with van der Waals surface area (Å²) in [5.74, 6) is -0.529. The number of carbonyl (C=O) groups excluding carboxylic acids is 1. The molecule has 1 atom stereocenters. The van der Waals surface area contributed by atoms with Crippen molar-refractivity contribution in [2.24, 2.45) is 0 Å². The van der Waals surface area contributed by atoms with Crippen molar-refractivity contribution < 1.29 is 21.6 Å². The summed E-state index contributed by atoms with van der Waals surface area (Å²) in [6.07, 6.45) is 1.12. The number of hydrogen-bond acceptors (Lipinski definition) is 5. The minimum Gasteiger partial charge on any atom is -0.348 e. The normalized spacial score (nSPS) is 12.7. The van der Waals surface area contributed by atoms with E-state index >= 15 is 0 Å². The van der Waals surface area contributed by atoms with Crippen molar-refractivity contribution >= 4 is 43.1 Å². The van der Waals surface area contributed by atoms with Gasteiger partial charge in [0.05, 0.1) is 21.5 Å². The monoisotopic (exact) mass is 520 g/mol. The first-order valence-corrected chi connectivity index (χ1v) is 14.0.